The van der Waals surface area contributed by atoms with Crippen molar-refractivity contribution < 1.29 is 9.47 Å². The van der Waals surface area contributed by atoms with E-state index in [1.807, 2.05) is 38.1 Å². The largest absolute Gasteiger partial charge is 0.494 e. The number of nitrogens with one attached hydrogen (secondary N) is 1. The summed E-state index contributed by atoms with van der Waals surface area (Å²) in [6.45, 7) is 5.88. The summed E-state index contributed by atoms with van der Waals surface area (Å²) < 4.78 is 15.1. The van der Waals surface area contributed by atoms with E-state index >= 15 is 0 Å². The Kier molecular flexibility index (Phi) is 4.97. The summed E-state index contributed by atoms with van der Waals surface area (Å²) in [6.07, 6.45) is 0. The van der Waals surface area contributed by atoms with Gasteiger partial charge in [0.05, 0.1) is 6.61 Å². The zero-order valence-electron chi connectivity index (χ0n) is 11.0. The molecule has 0 aliphatic rings. The van der Waals surface area contributed by atoms with Gasteiger partial charge in [-0.05, 0) is 26.0 Å². The Labute approximate surface area is 116 Å². The molecular weight excluding hydrogens is 262 g/mol. The Hall–Kier alpha value is -1.82. The van der Waals surface area contributed by atoms with Crippen molar-refractivity contribution in [3.8, 4) is 11.5 Å². The van der Waals surface area contributed by atoms with Crippen molar-refractivity contribution in [3.63, 3.8) is 0 Å². The number of hydrogen-bond acceptors (Lipinski definition) is 6. The second kappa shape index (κ2) is 6.94. The summed E-state index contributed by atoms with van der Waals surface area (Å²) in [5.74, 6) is 1.57. The molecule has 5 nitrogen and oxygen atoms in total. The van der Waals surface area contributed by atoms with Crippen LogP contribution in [0.1, 0.15) is 19.5 Å². The summed E-state index contributed by atoms with van der Waals surface area (Å²) >= 11 is 1.34. The predicted octanol–water partition coefficient (Wildman–Crippen LogP) is 2.95. The van der Waals surface area contributed by atoms with Crippen LogP contribution in [-0.4, -0.2) is 22.7 Å². The molecule has 1 aromatic carbocycles. The van der Waals surface area contributed by atoms with E-state index in [-0.39, 0.29) is 0 Å². The van der Waals surface area contributed by atoms with Gasteiger partial charge in [-0.15, -0.1) is 5.10 Å². The molecule has 6 heteroatoms. The first kappa shape index (κ1) is 13.6. The molecule has 2 rings (SSSR count). The molecule has 0 unspecified atom stereocenters. The number of benzene rings is 1. The highest BCUT2D eigenvalue weighted by Crippen LogP contribution is 2.22. The Bertz CT molecular complexity index is 516. The van der Waals surface area contributed by atoms with Crippen LogP contribution in [0, 0.1) is 0 Å². The Morgan fingerprint density at radius 2 is 2.00 bits per heavy atom. The first-order valence-corrected chi connectivity index (χ1v) is 7.01. The van der Waals surface area contributed by atoms with E-state index in [4.69, 9.17) is 9.47 Å². The molecule has 1 aromatic heterocycles. The van der Waals surface area contributed by atoms with Crippen LogP contribution in [0.4, 0.5) is 5.00 Å². The van der Waals surface area contributed by atoms with Crippen molar-refractivity contribution in [1.29, 1.82) is 0 Å². The van der Waals surface area contributed by atoms with Crippen molar-refractivity contribution in [2.75, 3.05) is 18.5 Å². The SMILES string of the molecule is CCNc1snnc1COc1cccc(OCC)c1. The van der Waals surface area contributed by atoms with Gasteiger partial charge >= 0.3 is 0 Å². The quantitative estimate of drug-likeness (QED) is 0.844. The van der Waals surface area contributed by atoms with Crippen molar-refractivity contribution in [3.05, 3.63) is 30.0 Å². The maximum atomic E-state index is 5.71. The Morgan fingerprint density at radius 3 is 2.74 bits per heavy atom. The smallest absolute Gasteiger partial charge is 0.136 e. The van der Waals surface area contributed by atoms with Gasteiger partial charge in [0, 0.05) is 24.1 Å². The molecule has 0 aliphatic heterocycles. The van der Waals surface area contributed by atoms with Crippen LogP contribution in [0.15, 0.2) is 24.3 Å². The normalized spacial score (nSPS) is 10.2. The Morgan fingerprint density at radius 1 is 1.21 bits per heavy atom. The third-order valence-corrected chi connectivity index (χ3v) is 3.11. The van der Waals surface area contributed by atoms with Gasteiger partial charge < -0.3 is 14.8 Å². The number of aromatic nitrogens is 2. The molecule has 0 amide bonds. The van der Waals surface area contributed by atoms with Gasteiger partial charge in [0.1, 0.15) is 28.8 Å². The first-order valence-electron chi connectivity index (χ1n) is 6.24. The third kappa shape index (κ3) is 3.82. The monoisotopic (exact) mass is 279 g/mol. The Balaban J connectivity index is 1.97. The molecule has 2 aromatic rings. The van der Waals surface area contributed by atoms with E-state index in [1.165, 1.54) is 11.5 Å². The summed E-state index contributed by atoms with van der Waals surface area (Å²) in [5.41, 5.74) is 0.827. The van der Waals surface area contributed by atoms with E-state index in [9.17, 15) is 0 Å². The molecular formula is C13H17N3O2S. The fourth-order valence-electron chi connectivity index (χ4n) is 1.57. The predicted molar refractivity (Wildman–Crippen MR) is 76.0 cm³/mol. The molecule has 0 saturated carbocycles. The van der Waals surface area contributed by atoms with Gasteiger partial charge in [-0.1, -0.05) is 10.6 Å². The maximum absolute atomic E-state index is 5.71. The van der Waals surface area contributed by atoms with Crippen LogP contribution in [-0.2, 0) is 6.61 Å². The second-order valence-electron chi connectivity index (χ2n) is 3.78. The van der Waals surface area contributed by atoms with E-state index < -0.39 is 0 Å². The van der Waals surface area contributed by atoms with Crippen LogP contribution in [0.2, 0.25) is 0 Å². The molecule has 0 spiro atoms. The molecule has 1 heterocycles. The lowest BCUT2D eigenvalue weighted by Crippen LogP contribution is -2.02. The van der Waals surface area contributed by atoms with Crippen LogP contribution in [0.25, 0.3) is 0 Å². The van der Waals surface area contributed by atoms with E-state index in [0.717, 1.165) is 28.7 Å². The zero-order valence-corrected chi connectivity index (χ0v) is 11.9. The summed E-state index contributed by atoms with van der Waals surface area (Å²) in [6, 6.07) is 7.58. The van der Waals surface area contributed by atoms with E-state index in [0.29, 0.717) is 13.2 Å². The maximum Gasteiger partial charge on any atom is 0.136 e. The average Bonchev–Trinajstić information content (AvgIpc) is 2.85. The zero-order chi connectivity index (χ0) is 13.5. The molecule has 102 valence electrons. The average molecular weight is 279 g/mol. The van der Waals surface area contributed by atoms with Gasteiger partial charge in [0.2, 0.25) is 0 Å². The van der Waals surface area contributed by atoms with Crippen LogP contribution < -0.4 is 14.8 Å². The fourth-order valence-corrected chi connectivity index (χ4v) is 2.21. The van der Waals surface area contributed by atoms with Crippen molar-refractivity contribution in [2.24, 2.45) is 0 Å². The molecule has 0 atom stereocenters. The lowest BCUT2D eigenvalue weighted by atomic mass is 10.3. The minimum atomic E-state index is 0.397. The van der Waals surface area contributed by atoms with Crippen LogP contribution in [0.3, 0.4) is 0 Å². The number of anilines is 1. The number of hydrogen-bond donors (Lipinski definition) is 1. The van der Waals surface area contributed by atoms with E-state index in [1.54, 1.807) is 0 Å². The van der Waals surface area contributed by atoms with Gasteiger partial charge in [-0.2, -0.15) is 0 Å². The molecule has 19 heavy (non-hydrogen) atoms. The third-order valence-electron chi connectivity index (χ3n) is 2.39. The second-order valence-corrected chi connectivity index (χ2v) is 4.53. The van der Waals surface area contributed by atoms with Crippen LogP contribution in [0.5, 0.6) is 11.5 Å². The lowest BCUT2D eigenvalue weighted by Gasteiger charge is -2.08. The summed E-state index contributed by atoms with van der Waals surface area (Å²) in [7, 11) is 0. The molecule has 0 aliphatic carbocycles. The number of rotatable bonds is 7. The highest BCUT2D eigenvalue weighted by Gasteiger charge is 2.08. The van der Waals surface area contributed by atoms with Crippen molar-refractivity contribution in [1.82, 2.24) is 9.59 Å². The molecule has 1 N–H and O–H groups in total. The topological polar surface area (TPSA) is 56.3 Å². The van der Waals surface area contributed by atoms with Gasteiger partial charge in [-0.3, -0.25) is 0 Å². The minimum Gasteiger partial charge on any atom is -0.494 e. The highest BCUT2D eigenvalue weighted by atomic mass is 32.1. The van der Waals surface area contributed by atoms with E-state index in [2.05, 4.69) is 14.9 Å². The molecule has 0 radical (unpaired) electrons. The minimum absolute atomic E-state index is 0.397. The summed E-state index contributed by atoms with van der Waals surface area (Å²) in [5, 5.41) is 8.23. The molecule has 0 bridgehead atoms. The van der Waals surface area contributed by atoms with Crippen molar-refractivity contribution in [2.45, 2.75) is 20.5 Å². The lowest BCUT2D eigenvalue weighted by molar-refractivity contribution is 0.296. The highest BCUT2D eigenvalue weighted by molar-refractivity contribution is 7.10. The number of nitrogens with zero attached hydrogens (tertiary/aromatic N) is 2. The number of ether oxygens (including phenoxy) is 2. The standard InChI is InChI=1S/C13H17N3O2S/c1-3-14-13-12(15-16-19-13)9-18-11-7-5-6-10(8-11)17-4-2/h5-8,14H,3-4,9H2,1-2H3. The summed E-state index contributed by atoms with van der Waals surface area (Å²) in [4.78, 5) is 0. The van der Waals surface area contributed by atoms with Gasteiger partial charge in [0.15, 0.2) is 0 Å². The fraction of sp³-hybridized carbons (Fsp3) is 0.385. The molecule has 0 saturated heterocycles. The van der Waals surface area contributed by atoms with Crippen molar-refractivity contribution >= 4 is 16.5 Å². The first-order chi connectivity index (χ1) is 9.33. The van der Waals surface area contributed by atoms with Gasteiger partial charge in [-0.25, -0.2) is 0 Å². The molecule has 0 fully saturated rings. The van der Waals surface area contributed by atoms with Crippen LogP contribution >= 0.6 is 11.5 Å². The van der Waals surface area contributed by atoms with Gasteiger partial charge in [0.25, 0.3) is 0 Å².